The first-order chi connectivity index (χ1) is 8.66. The number of piperazine rings is 1. The molecule has 1 aromatic heterocycles. The van der Waals surface area contributed by atoms with Crippen molar-refractivity contribution in [3.8, 4) is 0 Å². The maximum absolute atomic E-state index is 3.50. The zero-order valence-corrected chi connectivity index (χ0v) is 11.4. The Labute approximate surface area is 108 Å². The topological polar surface area (TPSA) is 20.2 Å². The molecule has 0 spiro atoms. The van der Waals surface area contributed by atoms with E-state index < -0.39 is 0 Å². The summed E-state index contributed by atoms with van der Waals surface area (Å²) in [6, 6.07) is 7.24. The van der Waals surface area contributed by atoms with Crippen molar-refractivity contribution in [2.45, 2.75) is 13.0 Å². The minimum atomic E-state index is 0.491. The van der Waals surface area contributed by atoms with Gasteiger partial charge in [0.2, 0.25) is 0 Å². The van der Waals surface area contributed by atoms with Gasteiger partial charge in [0.05, 0.1) is 0 Å². The molecule has 0 aliphatic carbocycles. The van der Waals surface area contributed by atoms with E-state index in [0.29, 0.717) is 6.04 Å². The van der Waals surface area contributed by atoms with E-state index in [1.54, 1.807) is 0 Å². The van der Waals surface area contributed by atoms with Gasteiger partial charge in [-0.2, -0.15) is 0 Å². The van der Waals surface area contributed by atoms with Crippen LogP contribution < -0.4 is 5.32 Å². The number of hydrogen-bond donors (Lipinski definition) is 1. The zero-order chi connectivity index (χ0) is 12.7. The van der Waals surface area contributed by atoms with Crippen molar-refractivity contribution in [3.63, 3.8) is 0 Å². The summed E-state index contributed by atoms with van der Waals surface area (Å²) in [5.41, 5.74) is 4.11. The van der Waals surface area contributed by atoms with Crippen LogP contribution in [0.15, 0.2) is 24.4 Å². The van der Waals surface area contributed by atoms with Crippen molar-refractivity contribution in [2.24, 2.45) is 7.05 Å². The number of nitrogens with one attached hydrogen (secondary N) is 1. The Bertz CT molecular complexity index is 570. The highest BCUT2D eigenvalue weighted by Crippen LogP contribution is 2.30. The van der Waals surface area contributed by atoms with Gasteiger partial charge in [0, 0.05) is 49.8 Å². The van der Waals surface area contributed by atoms with E-state index in [1.807, 2.05) is 0 Å². The second-order valence-corrected chi connectivity index (χ2v) is 5.42. The lowest BCUT2D eigenvalue weighted by molar-refractivity contribution is 0.203. The van der Waals surface area contributed by atoms with Crippen molar-refractivity contribution < 1.29 is 0 Å². The van der Waals surface area contributed by atoms with Gasteiger partial charge in [-0.15, -0.1) is 0 Å². The van der Waals surface area contributed by atoms with Crippen LogP contribution in [-0.2, 0) is 7.05 Å². The second kappa shape index (κ2) is 4.41. The number of rotatable bonds is 1. The second-order valence-electron chi connectivity index (χ2n) is 5.42. The summed E-state index contributed by atoms with van der Waals surface area (Å²) in [4.78, 5) is 2.45. The molecular weight excluding hydrogens is 222 g/mol. The first-order valence-electron chi connectivity index (χ1n) is 6.63. The van der Waals surface area contributed by atoms with Gasteiger partial charge in [0.15, 0.2) is 0 Å². The summed E-state index contributed by atoms with van der Waals surface area (Å²) in [6.07, 6.45) is 2.29. The van der Waals surface area contributed by atoms with Crippen LogP contribution in [-0.4, -0.2) is 36.1 Å². The largest absolute Gasteiger partial charge is 0.350 e. The quantitative estimate of drug-likeness (QED) is 0.827. The fourth-order valence-corrected chi connectivity index (χ4v) is 2.94. The van der Waals surface area contributed by atoms with Gasteiger partial charge in [-0.3, -0.25) is 4.90 Å². The summed E-state index contributed by atoms with van der Waals surface area (Å²) in [7, 11) is 4.36. The molecule has 1 fully saturated rings. The van der Waals surface area contributed by atoms with Crippen LogP contribution in [0.5, 0.6) is 0 Å². The predicted octanol–water partition coefficient (Wildman–Crippen LogP) is 2.06. The molecule has 3 heteroatoms. The smallest absolute Gasteiger partial charge is 0.0491 e. The van der Waals surface area contributed by atoms with Gasteiger partial charge in [-0.1, -0.05) is 12.1 Å². The number of hydrogen-bond acceptors (Lipinski definition) is 2. The number of aromatic nitrogens is 1. The van der Waals surface area contributed by atoms with Crippen LogP contribution in [0.2, 0.25) is 0 Å². The minimum Gasteiger partial charge on any atom is -0.350 e. The molecule has 0 amide bonds. The van der Waals surface area contributed by atoms with E-state index in [4.69, 9.17) is 0 Å². The summed E-state index contributed by atoms with van der Waals surface area (Å²) in [5, 5.41) is 4.89. The van der Waals surface area contributed by atoms with Crippen molar-refractivity contribution in [2.75, 3.05) is 26.7 Å². The fraction of sp³-hybridized carbons (Fsp3) is 0.467. The first-order valence-corrected chi connectivity index (χ1v) is 6.63. The van der Waals surface area contributed by atoms with Gasteiger partial charge < -0.3 is 9.88 Å². The van der Waals surface area contributed by atoms with Crippen LogP contribution in [0.1, 0.15) is 17.2 Å². The average molecular weight is 243 g/mol. The molecule has 1 unspecified atom stereocenters. The molecule has 96 valence electrons. The third kappa shape index (κ3) is 1.84. The highest BCUT2D eigenvalue weighted by atomic mass is 15.2. The van der Waals surface area contributed by atoms with Gasteiger partial charge in [-0.25, -0.2) is 0 Å². The van der Waals surface area contributed by atoms with E-state index in [2.05, 4.69) is 60.2 Å². The molecule has 3 rings (SSSR count). The Morgan fingerprint density at radius 1 is 1.28 bits per heavy atom. The zero-order valence-electron chi connectivity index (χ0n) is 11.4. The Hall–Kier alpha value is -1.32. The monoisotopic (exact) mass is 243 g/mol. The maximum atomic E-state index is 3.50. The van der Waals surface area contributed by atoms with Crippen molar-refractivity contribution >= 4 is 10.9 Å². The lowest BCUT2D eigenvalue weighted by Gasteiger charge is -2.33. The number of benzene rings is 1. The average Bonchev–Trinajstić information content (AvgIpc) is 2.67. The highest BCUT2D eigenvalue weighted by Gasteiger charge is 2.23. The molecular formula is C15H21N3. The Morgan fingerprint density at radius 3 is 2.89 bits per heavy atom. The Kier molecular flexibility index (Phi) is 2.88. The SMILES string of the molecule is Cc1ccc2c(C3CNCCN3C)cn(C)c2c1. The van der Waals surface area contributed by atoms with Crippen molar-refractivity contribution in [3.05, 3.63) is 35.5 Å². The summed E-state index contributed by atoms with van der Waals surface area (Å²) in [6.45, 7) is 5.41. The molecule has 1 N–H and O–H groups in total. The van der Waals surface area contributed by atoms with Crippen molar-refractivity contribution in [1.82, 2.24) is 14.8 Å². The van der Waals surface area contributed by atoms with Crippen LogP contribution in [0.3, 0.4) is 0 Å². The summed E-state index contributed by atoms with van der Waals surface area (Å²) < 4.78 is 2.25. The number of nitrogens with zero attached hydrogens (tertiary/aromatic N) is 2. The van der Waals surface area contributed by atoms with Crippen LogP contribution in [0, 0.1) is 6.92 Å². The molecule has 18 heavy (non-hydrogen) atoms. The lowest BCUT2D eigenvalue weighted by Crippen LogP contribution is -2.43. The molecule has 3 nitrogen and oxygen atoms in total. The van der Waals surface area contributed by atoms with Crippen LogP contribution in [0.4, 0.5) is 0 Å². The molecule has 0 bridgehead atoms. The van der Waals surface area contributed by atoms with Gasteiger partial charge in [0.1, 0.15) is 0 Å². The molecule has 1 aliphatic heterocycles. The van der Waals surface area contributed by atoms with Gasteiger partial charge >= 0.3 is 0 Å². The predicted molar refractivity (Wildman–Crippen MR) is 75.9 cm³/mol. The molecule has 0 saturated carbocycles. The summed E-state index contributed by atoms with van der Waals surface area (Å²) >= 11 is 0. The van der Waals surface area contributed by atoms with Gasteiger partial charge in [0.25, 0.3) is 0 Å². The van der Waals surface area contributed by atoms with Gasteiger partial charge in [-0.05, 0) is 31.2 Å². The molecule has 1 aliphatic rings. The normalized spacial score (nSPS) is 21.6. The van der Waals surface area contributed by atoms with Crippen LogP contribution >= 0.6 is 0 Å². The van der Waals surface area contributed by atoms with Crippen molar-refractivity contribution in [1.29, 1.82) is 0 Å². The highest BCUT2D eigenvalue weighted by molar-refractivity contribution is 5.85. The molecule has 1 aromatic carbocycles. The third-order valence-corrected chi connectivity index (χ3v) is 4.05. The molecule has 1 atom stereocenters. The third-order valence-electron chi connectivity index (χ3n) is 4.05. The van der Waals surface area contributed by atoms with Crippen LogP contribution in [0.25, 0.3) is 10.9 Å². The number of likely N-dealkylation sites (N-methyl/N-ethyl adjacent to an activating group) is 1. The standard InChI is InChI=1S/C15H21N3/c1-11-4-5-12-13(10-18(3)14(12)8-11)15-9-16-6-7-17(15)2/h4-5,8,10,15-16H,6-7,9H2,1-3H3. The van der Waals surface area contributed by atoms with E-state index >= 15 is 0 Å². The number of aryl methyl sites for hydroxylation is 2. The Morgan fingerprint density at radius 2 is 2.11 bits per heavy atom. The molecule has 0 radical (unpaired) electrons. The Balaban J connectivity index is 2.11. The molecule has 2 aromatic rings. The van der Waals surface area contributed by atoms with E-state index in [-0.39, 0.29) is 0 Å². The van der Waals surface area contributed by atoms with E-state index in [0.717, 1.165) is 19.6 Å². The molecule has 2 heterocycles. The number of fused-ring (bicyclic) bond motifs is 1. The fourth-order valence-electron chi connectivity index (χ4n) is 2.94. The van der Waals surface area contributed by atoms with E-state index in [9.17, 15) is 0 Å². The first kappa shape index (κ1) is 11.8. The van der Waals surface area contributed by atoms with E-state index in [1.165, 1.54) is 22.0 Å². The minimum absolute atomic E-state index is 0.491. The summed E-state index contributed by atoms with van der Waals surface area (Å²) in [5.74, 6) is 0. The molecule has 1 saturated heterocycles. The lowest BCUT2D eigenvalue weighted by atomic mass is 10.0. The maximum Gasteiger partial charge on any atom is 0.0491 e.